The van der Waals surface area contributed by atoms with E-state index in [0.717, 1.165) is 12.2 Å². The zero-order chi connectivity index (χ0) is 12.3. The van der Waals surface area contributed by atoms with Crippen molar-refractivity contribution in [3.8, 4) is 0 Å². The van der Waals surface area contributed by atoms with Crippen molar-refractivity contribution in [2.75, 3.05) is 11.9 Å². The number of hydrogen-bond donors (Lipinski definition) is 2. The van der Waals surface area contributed by atoms with Gasteiger partial charge in [-0.15, -0.1) is 0 Å². The number of anilines is 1. The van der Waals surface area contributed by atoms with Gasteiger partial charge in [-0.25, -0.2) is 0 Å². The van der Waals surface area contributed by atoms with E-state index in [1.165, 1.54) is 24.8 Å². The van der Waals surface area contributed by atoms with E-state index in [0.29, 0.717) is 11.4 Å². The lowest BCUT2D eigenvalue weighted by molar-refractivity contribution is 0.506. The Hall–Kier alpha value is -1.51. The number of hydrogen-bond acceptors (Lipinski definition) is 1. The van der Waals surface area contributed by atoms with Gasteiger partial charge >= 0.3 is 0 Å². The fourth-order valence-electron chi connectivity index (χ4n) is 1.88. The van der Waals surface area contributed by atoms with E-state index < -0.39 is 0 Å². The first-order valence-electron chi connectivity index (χ1n) is 6.27. The zero-order valence-corrected chi connectivity index (χ0v) is 10.7. The second-order valence-electron chi connectivity index (χ2n) is 5.05. The van der Waals surface area contributed by atoms with Gasteiger partial charge in [0.1, 0.15) is 0 Å². The molecule has 17 heavy (non-hydrogen) atoms. The van der Waals surface area contributed by atoms with Crippen LogP contribution in [-0.4, -0.2) is 12.5 Å². The molecule has 1 aromatic carbocycles. The number of rotatable bonds is 4. The molecule has 2 rings (SSSR count). The maximum absolute atomic E-state index is 5.87. The van der Waals surface area contributed by atoms with Crippen molar-refractivity contribution in [2.45, 2.75) is 33.1 Å². The molecule has 0 atom stereocenters. The highest BCUT2D eigenvalue weighted by molar-refractivity contribution is 5.92. The second kappa shape index (κ2) is 4.78. The van der Waals surface area contributed by atoms with Crippen LogP contribution in [0.3, 0.4) is 0 Å². The highest BCUT2D eigenvalue weighted by Crippen LogP contribution is 2.48. The topological polar surface area (TPSA) is 50.4 Å². The molecule has 0 heterocycles. The molecule has 0 bridgehead atoms. The first-order chi connectivity index (χ1) is 8.13. The molecule has 3 N–H and O–H groups in total. The average molecular weight is 231 g/mol. The molecule has 1 aromatic rings. The molecule has 1 saturated carbocycles. The summed E-state index contributed by atoms with van der Waals surface area (Å²) in [5.41, 5.74) is 8.57. The minimum Gasteiger partial charge on any atom is -0.370 e. The van der Waals surface area contributed by atoms with Gasteiger partial charge in [-0.3, -0.25) is 4.99 Å². The SMILES string of the molecule is CCC1(CN=C(N)Nc2ccc(C)cc2)CC1. The van der Waals surface area contributed by atoms with E-state index >= 15 is 0 Å². The van der Waals surface area contributed by atoms with Crippen LogP contribution >= 0.6 is 0 Å². The van der Waals surface area contributed by atoms with E-state index in [1.807, 2.05) is 12.1 Å². The Morgan fingerprint density at radius 1 is 1.35 bits per heavy atom. The van der Waals surface area contributed by atoms with Gasteiger partial charge in [0.05, 0.1) is 0 Å². The van der Waals surface area contributed by atoms with Crippen molar-refractivity contribution >= 4 is 11.6 Å². The van der Waals surface area contributed by atoms with Crippen LogP contribution in [0.4, 0.5) is 5.69 Å². The lowest BCUT2D eigenvalue weighted by Crippen LogP contribution is -2.24. The number of guanidine groups is 1. The van der Waals surface area contributed by atoms with Crippen molar-refractivity contribution in [3.05, 3.63) is 29.8 Å². The molecule has 0 saturated heterocycles. The van der Waals surface area contributed by atoms with Crippen LogP contribution < -0.4 is 11.1 Å². The summed E-state index contributed by atoms with van der Waals surface area (Å²) >= 11 is 0. The van der Waals surface area contributed by atoms with Crippen LogP contribution in [0.15, 0.2) is 29.3 Å². The first kappa shape index (κ1) is 12.0. The number of aryl methyl sites for hydroxylation is 1. The van der Waals surface area contributed by atoms with Gasteiger partial charge in [0, 0.05) is 12.2 Å². The molecule has 1 aliphatic rings. The molecular formula is C14H21N3. The summed E-state index contributed by atoms with van der Waals surface area (Å²) in [6.07, 6.45) is 3.80. The molecule has 0 aromatic heterocycles. The Kier molecular flexibility index (Phi) is 3.36. The summed E-state index contributed by atoms with van der Waals surface area (Å²) < 4.78 is 0. The predicted octanol–water partition coefficient (Wildman–Crippen LogP) is 2.91. The van der Waals surface area contributed by atoms with Crippen LogP contribution in [-0.2, 0) is 0 Å². The molecule has 1 fully saturated rings. The van der Waals surface area contributed by atoms with Gasteiger partial charge in [-0.2, -0.15) is 0 Å². The van der Waals surface area contributed by atoms with E-state index in [1.54, 1.807) is 0 Å². The smallest absolute Gasteiger partial charge is 0.193 e. The van der Waals surface area contributed by atoms with Gasteiger partial charge in [0.2, 0.25) is 0 Å². The lowest BCUT2D eigenvalue weighted by atomic mass is 10.1. The minimum absolute atomic E-state index is 0.458. The normalized spacial score (nSPS) is 17.9. The van der Waals surface area contributed by atoms with Crippen molar-refractivity contribution < 1.29 is 0 Å². The molecule has 3 nitrogen and oxygen atoms in total. The summed E-state index contributed by atoms with van der Waals surface area (Å²) in [5, 5.41) is 3.12. The van der Waals surface area contributed by atoms with Crippen LogP contribution in [0.1, 0.15) is 31.7 Å². The van der Waals surface area contributed by atoms with Gasteiger partial charge in [-0.1, -0.05) is 24.6 Å². The molecule has 3 heteroatoms. The van der Waals surface area contributed by atoms with Crippen molar-refractivity contribution in [1.82, 2.24) is 0 Å². The van der Waals surface area contributed by atoms with E-state index in [4.69, 9.17) is 5.73 Å². The van der Waals surface area contributed by atoms with E-state index in [2.05, 4.69) is 36.3 Å². The molecule has 1 aliphatic carbocycles. The van der Waals surface area contributed by atoms with Gasteiger partial charge in [0.15, 0.2) is 5.96 Å². The van der Waals surface area contributed by atoms with Crippen LogP contribution in [0, 0.1) is 12.3 Å². The van der Waals surface area contributed by atoms with Crippen molar-refractivity contribution in [2.24, 2.45) is 16.1 Å². The fourth-order valence-corrected chi connectivity index (χ4v) is 1.88. The number of nitrogens with zero attached hydrogens (tertiary/aromatic N) is 1. The summed E-state index contributed by atoms with van der Waals surface area (Å²) in [6.45, 7) is 5.15. The van der Waals surface area contributed by atoms with Crippen molar-refractivity contribution in [1.29, 1.82) is 0 Å². The molecular weight excluding hydrogens is 210 g/mol. The van der Waals surface area contributed by atoms with Gasteiger partial charge in [-0.05, 0) is 43.7 Å². The van der Waals surface area contributed by atoms with Gasteiger partial charge in [0.25, 0.3) is 0 Å². The van der Waals surface area contributed by atoms with Crippen molar-refractivity contribution in [3.63, 3.8) is 0 Å². The average Bonchev–Trinajstić information content (AvgIpc) is 3.10. The summed E-state index contributed by atoms with van der Waals surface area (Å²) in [7, 11) is 0. The molecule has 0 aliphatic heterocycles. The molecule has 0 spiro atoms. The number of nitrogens with two attached hydrogens (primary N) is 1. The molecule has 0 amide bonds. The fraction of sp³-hybridized carbons (Fsp3) is 0.500. The molecule has 0 unspecified atom stereocenters. The van der Waals surface area contributed by atoms with Crippen LogP contribution in [0.25, 0.3) is 0 Å². The summed E-state index contributed by atoms with van der Waals surface area (Å²) in [6, 6.07) is 8.16. The maximum Gasteiger partial charge on any atom is 0.193 e. The Morgan fingerprint density at radius 3 is 2.53 bits per heavy atom. The lowest BCUT2D eigenvalue weighted by Gasteiger charge is -2.10. The Morgan fingerprint density at radius 2 is 2.00 bits per heavy atom. The van der Waals surface area contributed by atoms with E-state index in [-0.39, 0.29) is 0 Å². The van der Waals surface area contributed by atoms with Gasteiger partial charge < -0.3 is 11.1 Å². The van der Waals surface area contributed by atoms with Crippen LogP contribution in [0.2, 0.25) is 0 Å². The largest absolute Gasteiger partial charge is 0.370 e. The monoisotopic (exact) mass is 231 g/mol. The Bertz CT molecular complexity index is 402. The molecule has 92 valence electrons. The minimum atomic E-state index is 0.458. The number of nitrogens with one attached hydrogen (secondary N) is 1. The third-order valence-corrected chi connectivity index (χ3v) is 3.62. The second-order valence-corrected chi connectivity index (χ2v) is 5.05. The third kappa shape index (κ3) is 3.22. The summed E-state index contributed by atoms with van der Waals surface area (Å²) in [4.78, 5) is 4.43. The quantitative estimate of drug-likeness (QED) is 0.618. The highest BCUT2D eigenvalue weighted by atomic mass is 15.1. The predicted molar refractivity (Wildman–Crippen MR) is 73.2 cm³/mol. The van der Waals surface area contributed by atoms with Crippen LogP contribution in [0.5, 0.6) is 0 Å². The first-order valence-corrected chi connectivity index (χ1v) is 6.27. The zero-order valence-electron chi connectivity index (χ0n) is 10.7. The molecule has 0 radical (unpaired) electrons. The Labute approximate surface area is 103 Å². The van der Waals surface area contributed by atoms with E-state index in [9.17, 15) is 0 Å². The highest BCUT2D eigenvalue weighted by Gasteiger charge is 2.40. The maximum atomic E-state index is 5.87. The third-order valence-electron chi connectivity index (χ3n) is 3.62. The number of benzene rings is 1. The summed E-state index contributed by atoms with van der Waals surface area (Å²) in [5.74, 6) is 0.522. The standard InChI is InChI=1S/C14H21N3/c1-3-14(8-9-14)10-16-13(15)17-12-6-4-11(2)5-7-12/h4-7H,3,8-10H2,1-2H3,(H3,15,16,17). The Balaban J connectivity index is 1.90. The number of aliphatic imine (C=N–C) groups is 1.